The van der Waals surface area contributed by atoms with Crippen molar-refractivity contribution in [2.24, 2.45) is 0 Å². The van der Waals surface area contributed by atoms with E-state index in [2.05, 4.69) is 15.1 Å². The number of rotatable bonds is 4. The number of nitrogens with zero attached hydrogens (tertiary/aromatic N) is 6. The minimum absolute atomic E-state index is 0.0532. The zero-order valence-electron chi connectivity index (χ0n) is 18.0. The Morgan fingerprint density at radius 3 is 2.53 bits per heavy atom. The molecule has 8 nitrogen and oxygen atoms in total. The van der Waals surface area contributed by atoms with Crippen molar-refractivity contribution in [2.75, 3.05) is 38.2 Å². The van der Waals surface area contributed by atoms with Gasteiger partial charge in [-0.15, -0.1) is 10.2 Å². The van der Waals surface area contributed by atoms with Crippen LogP contribution in [0.2, 0.25) is 5.02 Å². The minimum Gasteiger partial charge on any atom is -0.377 e. The molecule has 1 aliphatic rings. The van der Waals surface area contributed by atoms with Gasteiger partial charge < -0.3 is 14.5 Å². The third-order valence-electron chi connectivity index (χ3n) is 5.77. The summed E-state index contributed by atoms with van der Waals surface area (Å²) in [6, 6.07) is 13.3. The summed E-state index contributed by atoms with van der Waals surface area (Å²) in [5, 5.41) is 10.2. The Kier molecular flexibility index (Phi) is 5.40. The second-order valence-electron chi connectivity index (χ2n) is 7.93. The van der Waals surface area contributed by atoms with E-state index in [4.69, 9.17) is 21.3 Å². The van der Waals surface area contributed by atoms with Gasteiger partial charge in [0.05, 0.1) is 5.52 Å². The van der Waals surface area contributed by atoms with Crippen LogP contribution in [0.1, 0.15) is 21.7 Å². The minimum atomic E-state index is 0.0532. The van der Waals surface area contributed by atoms with Crippen LogP contribution < -0.4 is 4.90 Å². The summed E-state index contributed by atoms with van der Waals surface area (Å²) >= 11 is 6.22. The molecule has 2 aromatic carbocycles. The molecule has 0 radical (unpaired) electrons. The van der Waals surface area contributed by atoms with Gasteiger partial charge in [-0.2, -0.15) is 0 Å². The van der Waals surface area contributed by atoms with E-state index in [1.165, 1.54) is 0 Å². The van der Waals surface area contributed by atoms with E-state index in [-0.39, 0.29) is 5.91 Å². The van der Waals surface area contributed by atoms with Crippen molar-refractivity contribution in [1.82, 2.24) is 24.5 Å². The number of piperazine rings is 1. The van der Waals surface area contributed by atoms with Crippen LogP contribution >= 0.6 is 11.6 Å². The van der Waals surface area contributed by atoms with Gasteiger partial charge >= 0.3 is 0 Å². The highest BCUT2D eigenvalue weighted by Crippen LogP contribution is 2.27. The predicted octanol–water partition coefficient (Wildman–Crippen LogP) is 3.35. The molecule has 0 N–H and O–H groups in total. The molecule has 0 aliphatic carbocycles. The maximum absolute atomic E-state index is 12.9. The standard InChI is InChI=1S/C23H23ClN6O2/c1-15-3-5-16(6-4-15)22(31)28-9-11-29(12-10-28)23-25-19-13-17(24)7-8-18(19)21-27-26-20(14-32-2)30(21)23/h3-8,13H,9-12,14H2,1-2H3. The Balaban J connectivity index is 1.47. The van der Waals surface area contributed by atoms with Crippen LogP contribution in [0.25, 0.3) is 16.6 Å². The molecule has 0 bridgehead atoms. The SMILES string of the molecule is COCc1nnc2c3ccc(Cl)cc3nc(N3CCN(C(=O)c4ccc(C)cc4)CC3)n12. The zero-order valence-corrected chi connectivity index (χ0v) is 18.7. The van der Waals surface area contributed by atoms with E-state index in [0.717, 1.165) is 22.4 Å². The molecule has 5 rings (SSSR count). The molecule has 9 heteroatoms. The van der Waals surface area contributed by atoms with E-state index in [1.807, 2.05) is 58.7 Å². The van der Waals surface area contributed by atoms with E-state index < -0.39 is 0 Å². The zero-order chi connectivity index (χ0) is 22.2. The lowest BCUT2D eigenvalue weighted by Crippen LogP contribution is -2.49. The summed E-state index contributed by atoms with van der Waals surface area (Å²) in [5.41, 5.74) is 3.33. The highest BCUT2D eigenvalue weighted by atomic mass is 35.5. The van der Waals surface area contributed by atoms with Crippen LogP contribution in [0.4, 0.5) is 5.95 Å². The first-order valence-electron chi connectivity index (χ1n) is 10.5. The number of ether oxygens (including phenoxy) is 1. The number of halogens is 1. The molecule has 3 heterocycles. The normalized spacial score (nSPS) is 14.5. The van der Waals surface area contributed by atoms with Crippen LogP contribution in [0, 0.1) is 6.92 Å². The summed E-state index contributed by atoms with van der Waals surface area (Å²) in [4.78, 5) is 21.9. The quantitative estimate of drug-likeness (QED) is 0.474. The van der Waals surface area contributed by atoms with Crippen molar-refractivity contribution < 1.29 is 9.53 Å². The van der Waals surface area contributed by atoms with Crippen LogP contribution in [0.15, 0.2) is 42.5 Å². The third-order valence-corrected chi connectivity index (χ3v) is 6.01. The second-order valence-corrected chi connectivity index (χ2v) is 8.36. The van der Waals surface area contributed by atoms with Crippen molar-refractivity contribution in [1.29, 1.82) is 0 Å². The van der Waals surface area contributed by atoms with Gasteiger partial charge in [0.25, 0.3) is 5.91 Å². The summed E-state index contributed by atoms with van der Waals surface area (Å²) in [7, 11) is 1.63. The molecule has 4 aromatic rings. The van der Waals surface area contributed by atoms with Crippen LogP contribution in [0.3, 0.4) is 0 Å². The number of aryl methyl sites for hydroxylation is 1. The first-order valence-corrected chi connectivity index (χ1v) is 10.9. The number of carbonyl (C=O) groups is 1. The smallest absolute Gasteiger partial charge is 0.253 e. The molecule has 1 aliphatic heterocycles. The van der Waals surface area contributed by atoms with E-state index in [9.17, 15) is 4.79 Å². The maximum atomic E-state index is 12.9. The van der Waals surface area contributed by atoms with E-state index in [0.29, 0.717) is 54.8 Å². The summed E-state index contributed by atoms with van der Waals surface area (Å²) in [5.74, 6) is 1.46. The van der Waals surface area contributed by atoms with Crippen molar-refractivity contribution in [3.05, 3.63) is 64.4 Å². The largest absolute Gasteiger partial charge is 0.377 e. The fourth-order valence-electron chi connectivity index (χ4n) is 4.07. The lowest BCUT2D eigenvalue weighted by molar-refractivity contribution is 0.0746. The molecular weight excluding hydrogens is 428 g/mol. The van der Waals surface area contributed by atoms with E-state index >= 15 is 0 Å². The molecule has 2 aromatic heterocycles. The predicted molar refractivity (Wildman–Crippen MR) is 123 cm³/mol. The fourth-order valence-corrected chi connectivity index (χ4v) is 4.23. The number of amides is 1. The van der Waals surface area contributed by atoms with Gasteiger partial charge in [-0.1, -0.05) is 29.3 Å². The average molecular weight is 451 g/mol. The molecular formula is C23H23ClN6O2. The van der Waals surface area contributed by atoms with E-state index in [1.54, 1.807) is 7.11 Å². The molecule has 1 fully saturated rings. The lowest BCUT2D eigenvalue weighted by Gasteiger charge is -2.35. The van der Waals surface area contributed by atoms with Crippen molar-refractivity contribution in [3.8, 4) is 0 Å². The number of methoxy groups -OCH3 is 1. The number of anilines is 1. The van der Waals surface area contributed by atoms with Crippen molar-refractivity contribution in [3.63, 3.8) is 0 Å². The third kappa shape index (κ3) is 3.65. The molecule has 0 unspecified atom stereocenters. The maximum Gasteiger partial charge on any atom is 0.253 e. The molecule has 1 amide bonds. The van der Waals surface area contributed by atoms with Crippen LogP contribution in [-0.4, -0.2) is 63.7 Å². The first-order chi connectivity index (χ1) is 15.5. The van der Waals surface area contributed by atoms with Crippen LogP contribution in [0.5, 0.6) is 0 Å². The van der Waals surface area contributed by atoms with Crippen molar-refractivity contribution >= 4 is 40.0 Å². The van der Waals surface area contributed by atoms with Crippen molar-refractivity contribution in [2.45, 2.75) is 13.5 Å². The Bertz CT molecular complexity index is 1300. The van der Waals surface area contributed by atoms with Gasteiger partial charge in [0.2, 0.25) is 5.95 Å². The number of hydrogen-bond donors (Lipinski definition) is 0. The molecule has 0 atom stereocenters. The van der Waals surface area contributed by atoms with Gasteiger partial charge in [-0.3, -0.25) is 4.79 Å². The number of aromatic nitrogens is 4. The summed E-state index contributed by atoms with van der Waals surface area (Å²) in [6.07, 6.45) is 0. The Morgan fingerprint density at radius 2 is 1.81 bits per heavy atom. The van der Waals surface area contributed by atoms with Gasteiger partial charge in [0, 0.05) is 49.3 Å². The number of benzene rings is 2. The van der Waals surface area contributed by atoms with Crippen LogP contribution in [-0.2, 0) is 11.3 Å². The topological polar surface area (TPSA) is 75.9 Å². The highest BCUT2D eigenvalue weighted by Gasteiger charge is 2.26. The lowest BCUT2D eigenvalue weighted by atomic mass is 10.1. The fraction of sp³-hybridized carbons (Fsp3) is 0.304. The van der Waals surface area contributed by atoms with Gasteiger partial charge in [0.1, 0.15) is 6.61 Å². The summed E-state index contributed by atoms with van der Waals surface area (Å²) < 4.78 is 7.27. The molecule has 164 valence electrons. The number of fused-ring (bicyclic) bond motifs is 3. The molecule has 32 heavy (non-hydrogen) atoms. The Morgan fingerprint density at radius 1 is 1.06 bits per heavy atom. The molecule has 0 saturated carbocycles. The first kappa shape index (κ1) is 20.7. The Labute approximate surface area is 190 Å². The Hall–Kier alpha value is -3.23. The van der Waals surface area contributed by atoms with Gasteiger partial charge in [-0.05, 0) is 37.3 Å². The number of carbonyl (C=O) groups excluding carboxylic acids is 1. The molecule has 1 saturated heterocycles. The monoisotopic (exact) mass is 450 g/mol. The van der Waals surface area contributed by atoms with Gasteiger partial charge in [0.15, 0.2) is 11.5 Å². The average Bonchev–Trinajstić information content (AvgIpc) is 3.23. The number of hydrogen-bond acceptors (Lipinski definition) is 6. The second kappa shape index (κ2) is 8.37. The molecule has 0 spiro atoms. The summed E-state index contributed by atoms with van der Waals surface area (Å²) in [6.45, 7) is 4.84. The van der Waals surface area contributed by atoms with Gasteiger partial charge in [-0.25, -0.2) is 9.38 Å². The highest BCUT2D eigenvalue weighted by molar-refractivity contribution is 6.31.